The topological polar surface area (TPSA) is 149 Å². The SMILES string of the molecule is O=C(O)c1cccc(/C=C\c2ccc(C(=O)O)c(C(=O)O)c2C(=O)O)c1. The fourth-order valence-corrected chi connectivity index (χ4v) is 2.35. The van der Waals surface area contributed by atoms with Crippen LogP contribution in [0.4, 0.5) is 0 Å². The lowest BCUT2D eigenvalue weighted by Crippen LogP contribution is -2.16. The zero-order valence-electron chi connectivity index (χ0n) is 13.0. The molecule has 0 saturated heterocycles. The third kappa shape index (κ3) is 3.75. The minimum absolute atomic E-state index is 0.0260. The number of rotatable bonds is 6. The molecule has 8 nitrogen and oxygen atoms in total. The van der Waals surface area contributed by atoms with Crippen LogP contribution in [0.2, 0.25) is 0 Å². The van der Waals surface area contributed by atoms with Crippen molar-refractivity contribution in [3.8, 4) is 0 Å². The number of carbonyl (C=O) groups is 4. The second-order valence-electron chi connectivity index (χ2n) is 5.13. The number of hydrogen-bond donors (Lipinski definition) is 4. The quantitative estimate of drug-likeness (QED) is 0.577. The lowest BCUT2D eigenvalue weighted by atomic mass is 9.95. The average Bonchev–Trinajstić information content (AvgIpc) is 2.58. The van der Waals surface area contributed by atoms with Crippen molar-refractivity contribution >= 4 is 36.0 Å². The van der Waals surface area contributed by atoms with Crippen molar-refractivity contribution in [1.29, 1.82) is 0 Å². The Morgan fingerprint density at radius 1 is 0.692 bits per heavy atom. The van der Waals surface area contributed by atoms with Crippen LogP contribution in [0.1, 0.15) is 52.6 Å². The van der Waals surface area contributed by atoms with E-state index in [-0.39, 0.29) is 11.1 Å². The normalized spacial score (nSPS) is 10.6. The van der Waals surface area contributed by atoms with Gasteiger partial charge in [0.05, 0.1) is 22.3 Å². The summed E-state index contributed by atoms with van der Waals surface area (Å²) in [6.07, 6.45) is 2.68. The van der Waals surface area contributed by atoms with Crippen LogP contribution in [0.25, 0.3) is 12.2 Å². The first kappa shape index (κ1) is 18.4. The zero-order chi connectivity index (χ0) is 19.4. The van der Waals surface area contributed by atoms with Gasteiger partial charge in [-0.15, -0.1) is 0 Å². The third-order valence-electron chi connectivity index (χ3n) is 3.48. The molecular weight excluding hydrogens is 344 g/mol. The Kier molecular flexibility index (Phi) is 5.17. The Hall–Kier alpha value is -3.94. The maximum Gasteiger partial charge on any atom is 0.337 e. The number of benzene rings is 2. The highest BCUT2D eigenvalue weighted by Crippen LogP contribution is 2.23. The molecule has 4 N–H and O–H groups in total. The molecule has 2 rings (SSSR count). The van der Waals surface area contributed by atoms with Crippen molar-refractivity contribution in [2.75, 3.05) is 0 Å². The molecule has 26 heavy (non-hydrogen) atoms. The summed E-state index contributed by atoms with van der Waals surface area (Å²) >= 11 is 0. The van der Waals surface area contributed by atoms with Gasteiger partial charge in [-0.3, -0.25) is 0 Å². The molecule has 0 unspecified atom stereocenters. The summed E-state index contributed by atoms with van der Waals surface area (Å²) in [6, 6.07) is 7.99. The van der Waals surface area contributed by atoms with Gasteiger partial charge in [-0.05, 0) is 29.3 Å². The molecule has 0 aliphatic carbocycles. The molecular formula is C18H12O8. The highest BCUT2D eigenvalue weighted by molar-refractivity contribution is 6.11. The second kappa shape index (κ2) is 7.31. The summed E-state index contributed by atoms with van der Waals surface area (Å²) in [5, 5.41) is 36.6. The van der Waals surface area contributed by atoms with Gasteiger partial charge in [0.2, 0.25) is 0 Å². The first-order valence-electron chi connectivity index (χ1n) is 7.10. The number of aromatic carboxylic acids is 4. The van der Waals surface area contributed by atoms with Crippen LogP contribution in [0.3, 0.4) is 0 Å². The van der Waals surface area contributed by atoms with E-state index in [1.165, 1.54) is 36.4 Å². The van der Waals surface area contributed by atoms with Crippen LogP contribution in [-0.4, -0.2) is 44.3 Å². The van der Waals surface area contributed by atoms with Crippen LogP contribution in [0.15, 0.2) is 36.4 Å². The maximum absolute atomic E-state index is 11.5. The lowest BCUT2D eigenvalue weighted by molar-refractivity contribution is 0.0633. The maximum atomic E-state index is 11.5. The zero-order valence-corrected chi connectivity index (χ0v) is 13.0. The summed E-state index contributed by atoms with van der Waals surface area (Å²) < 4.78 is 0. The van der Waals surface area contributed by atoms with Crippen molar-refractivity contribution < 1.29 is 39.6 Å². The summed E-state index contributed by atoms with van der Waals surface area (Å²) in [5.41, 5.74) is -1.69. The Morgan fingerprint density at radius 3 is 1.88 bits per heavy atom. The van der Waals surface area contributed by atoms with E-state index in [0.29, 0.717) is 5.56 Å². The molecule has 0 radical (unpaired) electrons. The van der Waals surface area contributed by atoms with Crippen LogP contribution >= 0.6 is 0 Å². The van der Waals surface area contributed by atoms with E-state index in [1.807, 2.05) is 0 Å². The van der Waals surface area contributed by atoms with Crippen molar-refractivity contribution in [2.24, 2.45) is 0 Å². The highest BCUT2D eigenvalue weighted by Gasteiger charge is 2.26. The molecule has 132 valence electrons. The van der Waals surface area contributed by atoms with E-state index in [9.17, 15) is 29.4 Å². The first-order valence-corrected chi connectivity index (χ1v) is 7.10. The number of carboxylic acid groups (broad SMARTS) is 4. The van der Waals surface area contributed by atoms with Crippen molar-refractivity contribution in [3.63, 3.8) is 0 Å². The van der Waals surface area contributed by atoms with Gasteiger partial charge < -0.3 is 20.4 Å². The molecule has 0 aliphatic heterocycles. The molecule has 0 amide bonds. The molecule has 0 bridgehead atoms. The van der Waals surface area contributed by atoms with Crippen molar-refractivity contribution in [3.05, 3.63) is 69.8 Å². The van der Waals surface area contributed by atoms with Gasteiger partial charge in [-0.2, -0.15) is 0 Å². The Morgan fingerprint density at radius 2 is 1.35 bits per heavy atom. The molecule has 0 aromatic heterocycles. The lowest BCUT2D eigenvalue weighted by Gasteiger charge is -2.09. The second-order valence-corrected chi connectivity index (χ2v) is 5.13. The van der Waals surface area contributed by atoms with E-state index >= 15 is 0 Å². The Balaban J connectivity index is 2.60. The van der Waals surface area contributed by atoms with E-state index in [1.54, 1.807) is 6.07 Å². The van der Waals surface area contributed by atoms with Crippen molar-refractivity contribution in [1.82, 2.24) is 0 Å². The van der Waals surface area contributed by atoms with Gasteiger partial charge in [0.1, 0.15) is 0 Å². The minimum Gasteiger partial charge on any atom is -0.478 e. The molecule has 0 aliphatic rings. The van der Waals surface area contributed by atoms with Crippen LogP contribution in [0, 0.1) is 0 Å². The fraction of sp³-hybridized carbons (Fsp3) is 0. The standard InChI is InChI=1S/C18H12O8/c19-15(20)11-3-1-2-9(8-11)4-5-10-6-7-12(16(21)22)14(18(25)26)13(10)17(23)24/h1-8H,(H,19,20)(H,21,22)(H,23,24)(H,25,26)/b5-4-. The van der Waals surface area contributed by atoms with Gasteiger partial charge in [0.25, 0.3) is 0 Å². The molecule has 8 heteroatoms. The molecule has 0 spiro atoms. The predicted octanol–water partition coefficient (Wildman–Crippen LogP) is 2.65. The Labute approximate surface area is 146 Å². The third-order valence-corrected chi connectivity index (χ3v) is 3.48. The molecule has 0 atom stereocenters. The monoisotopic (exact) mass is 356 g/mol. The summed E-state index contributed by atoms with van der Waals surface area (Å²) in [4.78, 5) is 45.0. The van der Waals surface area contributed by atoms with Crippen LogP contribution in [-0.2, 0) is 0 Å². The molecule has 0 heterocycles. The molecule has 2 aromatic carbocycles. The molecule has 0 fully saturated rings. The van der Waals surface area contributed by atoms with E-state index in [0.717, 1.165) is 6.07 Å². The van der Waals surface area contributed by atoms with E-state index in [4.69, 9.17) is 10.2 Å². The highest BCUT2D eigenvalue weighted by atomic mass is 16.4. The van der Waals surface area contributed by atoms with Crippen LogP contribution in [0.5, 0.6) is 0 Å². The molecule has 0 saturated carbocycles. The van der Waals surface area contributed by atoms with Crippen molar-refractivity contribution in [2.45, 2.75) is 0 Å². The van der Waals surface area contributed by atoms with Gasteiger partial charge in [-0.25, -0.2) is 19.2 Å². The average molecular weight is 356 g/mol. The largest absolute Gasteiger partial charge is 0.478 e. The van der Waals surface area contributed by atoms with E-state index in [2.05, 4.69) is 0 Å². The van der Waals surface area contributed by atoms with Crippen LogP contribution < -0.4 is 0 Å². The molecule has 2 aromatic rings. The number of hydrogen-bond acceptors (Lipinski definition) is 4. The smallest absolute Gasteiger partial charge is 0.337 e. The fourth-order valence-electron chi connectivity index (χ4n) is 2.35. The summed E-state index contributed by atoms with van der Waals surface area (Å²) in [7, 11) is 0. The van der Waals surface area contributed by atoms with Gasteiger partial charge >= 0.3 is 23.9 Å². The summed E-state index contributed by atoms with van der Waals surface area (Å²) in [5.74, 6) is -5.97. The Bertz CT molecular complexity index is 956. The minimum atomic E-state index is -1.68. The predicted molar refractivity (Wildman–Crippen MR) is 89.6 cm³/mol. The van der Waals surface area contributed by atoms with Gasteiger partial charge in [0, 0.05) is 0 Å². The number of carboxylic acids is 4. The summed E-state index contributed by atoms with van der Waals surface area (Å²) in [6.45, 7) is 0. The van der Waals surface area contributed by atoms with Gasteiger partial charge in [0.15, 0.2) is 0 Å². The van der Waals surface area contributed by atoms with Gasteiger partial charge in [-0.1, -0.05) is 30.4 Å². The first-order chi connectivity index (χ1) is 12.2. The van der Waals surface area contributed by atoms with E-state index < -0.39 is 40.6 Å².